The summed E-state index contributed by atoms with van der Waals surface area (Å²) in [5, 5.41) is 15.7. The minimum Gasteiger partial charge on any atom is -0.365 e. The summed E-state index contributed by atoms with van der Waals surface area (Å²) in [6.07, 6.45) is 0. The van der Waals surface area contributed by atoms with Crippen molar-refractivity contribution >= 4 is 28.6 Å². The molecule has 0 aliphatic rings. The molecule has 1 aromatic carbocycles. The van der Waals surface area contributed by atoms with Crippen molar-refractivity contribution in [2.45, 2.75) is 13.0 Å². The summed E-state index contributed by atoms with van der Waals surface area (Å²) >= 11 is 7.42. The van der Waals surface area contributed by atoms with Crippen LogP contribution in [0.4, 0.5) is 5.69 Å². The molecule has 0 amide bonds. The summed E-state index contributed by atoms with van der Waals surface area (Å²) in [5.74, 6) is 0. The average Bonchev–Trinajstić information content (AvgIpc) is 2.73. The van der Waals surface area contributed by atoms with Crippen LogP contribution in [-0.2, 0) is 0 Å². The standard InChI is InChI=1S/C12H10ClN3S/c1-8-15-12(7-17-8)11(6-14)16-10-4-2-3-9(13)5-10/h2-5,7,11,16H,1H3. The Morgan fingerprint density at radius 2 is 2.35 bits per heavy atom. The van der Waals surface area contributed by atoms with Crippen molar-refractivity contribution in [3.8, 4) is 6.07 Å². The first-order chi connectivity index (χ1) is 8.19. The van der Waals surface area contributed by atoms with Crippen molar-refractivity contribution in [3.63, 3.8) is 0 Å². The predicted molar refractivity (Wildman–Crippen MR) is 70.3 cm³/mol. The molecule has 0 saturated carbocycles. The Kier molecular flexibility index (Phi) is 3.62. The van der Waals surface area contributed by atoms with Gasteiger partial charge in [-0.1, -0.05) is 17.7 Å². The van der Waals surface area contributed by atoms with Gasteiger partial charge >= 0.3 is 0 Å². The number of thiazole rings is 1. The van der Waals surface area contributed by atoms with E-state index in [0.29, 0.717) is 5.02 Å². The van der Waals surface area contributed by atoms with Gasteiger partial charge in [0.1, 0.15) is 0 Å². The fourth-order valence-electron chi connectivity index (χ4n) is 1.43. The van der Waals surface area contributed by atoms with Crippen molar-refractivity contribution in [3.05, 3.63) is 45.4 Å². The maximum absolute atomic E-state index is 9.14. The van der Waals surface area contributed by atoms with Gasteiger partial charge in [0.25, 0.3) is 0 Å². The third kappa shape index (κ3) is 2.96. The van der Waals surface area contributed by atoms with E-state index in [-0.39, 0.29) is 0 Å². The summed E-state index contributed by atoms with van der Waals surface area (Å²) < 4.78 is 0. The maximum Gasteiger partial charge on any atom is 0.158 e. The van der Waals surface area contributed by atoms with Crippen LogP contribution < -0.4 is 5.32 Å². The van der Waals surface area contributed by atoms with E-state index >= 15 is 0 Å². The number of aryl methyl sites for hydroxylation is 1. The number of benzene rings is 1. The van der Waals surface area contributed by atoms with Gasteiger partial charge in [-0.25, -0.2) is 4.98 Å². The molecular formula is C12H10ClN3S. The minimum absolute atomic E-state index is 0.446. The lowest BCUT2D eigenvalue weighted by molar-refractivity contribution is 0.942. The molecule has 0 saturated heterocycles. The largest absolute Gasteiger partial charge is 0.365 e. The highest BCUT2D eigenvalue weighted by atomic mass is 35.5. The molecule has 0 radical (unpaired) electrons. The second-order valence-corrected chi connectivity index (χ2v) is 5.01. The second-order valence-electron chi connectivity index (χ2n) is 3.51. The molecule has 1 atom stereocenters. The maximum atomic E-state index is 9.14. The number of rotatable bonds is 3. The number of nitriles is 1. The molecule has 2 aromatic rings. The number of nitrogens with one attached hydrogen (secondary N) is 1. The van der Waals surface area contributed by atoms with Crippen molar-refractivity contribution in [1.29, 1.82) is 5.26 Å². The Labute approximate surface area is 109 Å². The lowest BCUT2D eigenvalue weighted by Crippen LogP contribution is -2.08. The average molecular weight is 264 g/mol. The summed E-state index contributed by atoms with van der Waals surface area (Å²) in [4.78, 5) is 4.30. The third-order valence-electron chi connectivity index (χ3n) is 2.20. The van der Waals surface area contributed by atoms with Crippen LogP contribution in [0.25, 0.3) is 0 Å². The van der Waals surface area contributed by atoms with Gasteiger partial charge < -0.3 is 5.32 Å². The first kappa shape index (κ1) is 11.9. The van der Waals surface area contributed by atoms with Gasteiger partial charge in [0.2, 0.25) is 0 Å². The smallest absolute Gasteiger partial charge is 0.158 e. The lowest BCUT2D eigenvalue weighted by atomic mass is 10.2. The number of hydrogen-bond donors (Lipinski definition) is 1. The highest BCUT2D eigenvalue weighted by Crippen LogP contribution is 2.22. The van der Waals surface area contributed by atoms with E-state index < -0.39 is 6.04 Å². The Morgan fingerprint density at radius 1 is 1.53 bits per heavy atom. The highest BCUT2D eigenvalue weighted by molar-refractivity contribution is 7.09. The molecule has 3 nitrogen and oxygen atoms in total. The molecule has 86 valence electrons. The van der Waals surface area contributed by atoms with Gasteiger partial charge in [-0.15, -0.1) is 11.3 Å². The van der Waals surface area contributed by atoms with E-state index in [1.165, 1.54) is 11.3 Å². The van der Waals surface area contributed by atoms with Crippen molar-refractivity contribution in [2.75, 3.05) is 5.32 Å². The van der Waals surface area contributed by atoms with E-state index in [0.717, 1.165) is 16.4 Å². The highest BCUT2D eigenvalue weighted by Gasteiger charge is 2.13. The summed E-state index contributed by atoms with van der Waals surface area (Å²) in [6, 6.07) is 9.03. The van der Waals surface area contributed by atoms with E-state index in [4.69, 9.17) is 16.9 Å². The molecule has 1 N–H and O–H groups in total. The van der Waals surface area contributed by atoms with Crippen LogP contribution in [0.3, 0.4) is 0 Å². The molecule has 5 heteroatoms. The number of halogens is 1. The molecule has 2 rings (SSSR count). The Morgan fingerprint density at radius 3 is 2.94 bits per heavy atom. The van der Waals surface area contributed by atoms with Crippen LogP contribution in [0.15, 0.2) is 29.6 Å². The number of nitrogens with zero attached hydrogens (tertiary/aromatic N) is 2. The van der Waals surface area contributed by atoms with Gasteiger partial charge in [0.05, 0.1) is 16.8 Å². The molecule has 0 fully saturated rings. The summed E-state index contributed by atoms with van der Waals surface area (Å²) in [5.41, 5.74) is 1.56. The van der Waals surface area contributed by atoms with Crippen molar-refractivity contribution < 1.29 is 0 Å². The molecule has 1 heterocycles. The first-order valence-electron chi connectivity index (χ1n) is 5.03. The first-order valence-corrected chi connectivity index (χ1v) is 6.28. The van der Waals surface area contributed by atoms with Gasteiger partial charge in [0, 0.05) is 16.1 Å². The molecule has 0 bridgehead atoms. The quantitative estimate of drug-likeness (QED) is 0.917. The molecule has 17 heavy (non-hydrogen) atoms. The molecule has 0 aliphatic heterocycles. The normalized spacial score (nSPS) is 11.8. The summed E-state index contributed by atoms with van der Waals surface area (Å²) in [6.45, 7) is 1.92. The zero-order chi connectivity index (χ0) is 12.3. The zero-order valence-electron chi connectivity index (χ0n) is 9.14. The Hall–Kier alpha value is -1.57. The molecule has 1 unspecified atom stereocenters. The van der Waals surface area contributed by atoms with Crippen LogP contribution in [0.5, 0.6) is 0 Å². The van der Waals surface area contributed by atoms with E-state index in [1.54, 1.807) is 12.1 Å². The fraction of sp³-hybridized carbons (Fsp3) is 0.167. The van der Waals surface area contributed by atoms with E-state index in [1.807, 2.05) is 24.4 Å². The lowest BCUT2D eigenvalue weighted by Gasteiger charge is -2.10. The van der Waals surface area contributed by atoms with Gasteiger partial charge in [-0.05, 0) is 25.1 Å². The van der Waals surface area contributed by atoms with Gasteiger partial charge in [0.15, 0.2) is 6.04 Å². The number of anilines is 1. The molecular weight excluding hydrogens is 254 g/mol. The van der Waals surface area contributed by atoms with Crippen molar-refractivity contribution in [1.82, 2.24) is 4.98 Å². The molecule has 0 spiro atoms. The van der Waals surface area contributed by atoms with Crippen LogP contribution in [0, 0.1) is 18.3 Å². The number of hydrogen-bond acceptors (Lipinski definition) is 4. The Balaban J connectivity index is 2.19. The second kappa shape index (κ2) is 5.17. The van der Waals surface area contributed by atoms with E-state index in [9.17, 15) is 0 Å². The topological polar surface area (TPSA) is 48.7 Å². The van der Waals surface area contributed by atoms with E-state index in [2.05, 4.69) is 16.4 Å². The van der Waals surface area contributed by atoms with Crippen LogP contribution >= 0.6 is 22.9 Å². The zero-order valence-corrected chi connectivity index (χ0v) is 10.7. The summed E-state index contributed by atoms with van der Waals surface area (Å²) in [7, 11) is 0. The van der Waals surface area contributed by atoms with Crippen molar-refractivity contribution in [2.24, 2.45) is 0 Å². The van der Waals surface area contributed by atoms with Crippen LogP contribution in [0.2, 0.25) is 5.02 Å². The van der Waals surface area contributed by atoms with Gasteiger partial charge in [-0.3, -0.25) is 0 Å². The monoisotopic (exact) mass is 263 g/mol. The molecule has 0 aliphatic carbocycles. The van der Waals surface area contributed by atoms with Crippen LogP contribution in [0.1, 0.15) is 16.7 Å². The van der Waals surface area contributed by atoms with Gasteiger partial charge in [-0.2, -0.15) is 5.26 Å². The minimum atomic E-state index is -0.446. The number of aromatic nitrogens is 1. The third-order valence-corrected chi connectivity index (χ3v) is 3.22. The SMILES string of the molecule is Cc1nc(C(C#N)Nc2cccc(Cl)c2)cs1. The predicted octanol–water partition coefficient (Wildman–Crippen LogP) is 3.78. The Bertz CT molecular complexity index is 559. The van der Waals surface area contributed by atoms with Crippen LogP contribution in [-0.4, -0.2) is 4.98 Å². The fourth-order valence-corrected chi connectivity index (χ4v) is 2.26. The molecule has 1 aromatic heterocycles.